The van der Waals surface area contributed by atoms with Crippen molar-refractivity contribution in [2.24, 2.45) is 0 Å². The third-order valence-electron chi connectivity index (χ3n) is 6.50. The topological polar surface area (TPSA) is 101 Å². The van der Waals surface area contributed by atoms with Crippen LogP contribution in [0.15, 0.2) is 36.7 Å². The Morgan fingerprint density at radius 2 is 2.13 bits per heavy atom. The van der Waals surface area contributed by atoms with Gasteiger partial charge in [0, 0.05) is 43.5 Å². The summed E-state index contributed by atoms with van der Waals surface area (Å²) in [5.74, 6) is -0.549. The molecular formula is C26H27F4N5O4. The molecule has 208 valence electrons. The van der Waals surface area contributed by atoms with Crippen molar-refractivity contribution >= 4 is 17.3 Å². The van der Waals surface area contributed by atoms with Gasteiger partial charge in [0.15, 0.2) is 11.6 Å². The van der Waals surface area contributed by atoms with Gasteiger partial charge in [-0.3, -0.25) is 14.7 Å². The van der Waals surface area contributed by atoms with E-state index >= 15 is 0 Å². The highest BCUT2D eigenvalue weighted by Gasteiger charge is 2.34. The zero-order valence-corrected chi connectivity index (χ0v) is 21.0. The number of hydrogen-bond donors (Lipinski definition) is 3. The summed E-state index contributed by atoms with van der Waals surface area (Å²) >= 11 is 0. The Morgan fingerprint density at radius 1 is 1.28 bits per heavy atom. The second kappa shape index (κ2) is 11.1. The van der Waals surface area contributed by atoms with E-state index in [9.17, 15) is 22.4 Å². The van der Waals surface area contributed by atoms with Crippen molar-refractivity contribution in [1.82, 2.24) is 20.2 Å². The first-order chi connectivity index (χ1) is 18.7. The van der Waals surface area contributed by atoms with E-state index < -0.39 is 24.6 Å². The number of morpholine rings is 1. The molecule has 2 aromatic heterocycles. The highest BCUT2D eigenvalue weighted by molar-refractivity contribution is 6.06. The zero-order valence-electron chi connectivity index (χ0n) is 21.0. The number of nitrogens with one attached hydrogen (secondary N) is 3. The molecule has 1 atom stereocenters. The van der Waals surface area contributed by atoms with Crippen LogP contribution in [0.5, 0.6) is 11.5 Å². The third kappa shape index (κ3) is 5.93. The fourth-order valence-corrected chi connectivity index (χ4v) is 4.82. The second-order valence-corrected chi connectivity index (χ2v) is 9.21. The summed E-state index contributed by atoms with van der Waals surface area (Å²) in [4.78, 5) is 21.6. The Balaban J connectivity index is 1.45. The van der Waals surface area contributed by atoms with Crippen LogP contribution < -0.4 is 20.1 Å². The maximum Gasteiger partial charge on any atom is 0.401 e. The first-order valence-corrected chi connectivity index (χ1v) is 12.3. The van der Waals surface area contributed by atoms with Gasteiger partial charge in [0.1, 0.15) is 18.5 Å². The molecule has 4 heterocycles. The lowest BCUT2D eigenvalue weighted by Gasteiger charge is -2.33. The maximum absolute atomic E-state index is 14.4. The Morgan fingerprint density at radius 3 is 2.92 bits per heavy atom. The molecule has 1 unspecified atom stereocenters. The van der Waals surface area contributed by atoms with Crippen LogP contribution in [0.1, 0.15) is 16.1 Å². The van der Waals surface area contributed by atoms with Crippen LogP contribution in [-0.4, -0.2) is 79.6 Å². The first kappa shape index (κ1) is 26.8. The Bertz CT molecular complexity index is 1350. The molecule has 2 aliphatic heterocycles. The van der Waals surface area contributed by atoms with Gasteiger partial charge in [-0.2, -0.15) is 13.2 Å². The number of alkyl halides is 3. The number of aromatic nitrogens is 2. The van der Waals surface area contributed by atoms with Gasteiger partial charge in [-0.1, -0.05) is 6.07 Å². The normalized spacial score (nSPS) is 17.9. The first-order valence-electron chi connectivity index (χ1n) is 12.3. The Kier molecular flexibility index (Phi) is 7.62. The van der Waals surface area contributed by atoms with Gasteiger partial charge in [0.05, 0.1) is 49.1 Å². The fraction of sp³-hybridized carbons (Fsp3) is 0.385. The number of carbonyl (C=O) groups is 1. The summed E-state index contributed by atoms with van der Waals surface area (Å²) in [5, 5.41) is 5.98. The van der Waals surface area contributed by atoms with E-state index in [1.165, 1.54) is 30.3 Å². The fourth-order valence-electron chi connectivity index (χ4n) is 4.82. The van der Waals surface area contributed by atoms with E-state index in [-0.39, 0.29) is 38.0 Å². The van der Waals surface area contributed by atoms with Gasteiger partial charge in [-0.05, 0) is 18.2 Å². The lowest BCUT2D eigenvalue weighted by Crippen LogP contribution is -2.48. The molecule has 3 N–H and O–H groups in total. The van der Waals surface area contributed by atoms with Crippen molar-refractivity contribution in [1.29, 1.82) is 0 Å². The second-order valence-electron chi connectivity index (χ2n) is 9.21. The van der Waals surface area contributed by atoms with Crippen molar-refractivity contribution in [2.45, 2.75) is 18.7 Å². The quantitative estimate of drug-likeness (QED) is 0.367. The minimum Gasteiger partial charge on any atom is -0.492 e. The highest BCUT2D eigenvalue weighted by atomic mass is 19.4. The molecule has 3 aromatic rings. The van der Waals surface area contributed by atoms with Gasteiger partial charge >= 0.3 is 6.18 Å². The molecule has 13 heteroatoms. The Hall–Kier alpha value is -3.84. The smallest absolute Gasteiger partial charge is 0.401 e. The Labute approximate surface area is 221 Å². The summed E-state index contributed by atoms with van der Waals surface area (Å²) in [5.41, 5.74) is 2.83. The number of para-hydroxylation sites is 1. The van der Waals surface area contributed by atoms with Gasteiger partial charge in [0.2, 0.25) is 0 Å². The number of halogens is 4. The van der Waals surface area contributed by atoms with Crippen molar-refractivity contribution < 1.29 is 36.6 Å². The molecule has 9 nitrogen and oxygen atoms in total. The van der Waals surface area contributed by atoms with Gasteiger partial charge < -0.3 is 29.8 Å². The molecule has 0 aliphatic carbocycles. The molecule has 39 heavy (non-hydrogen) atoms. The van der Waals surface area contributed by atoms with Crippen molar-refractivity contribution in [3.63, 3.8) is 0 Å². The molecule has 0 bridgehead atoms. The molecule has 2 aliphatic rings. The summed E-state index contributed by atoms with van der Waals surface area (Å²) in [6.07, 6.45) is -1.30. The molecule has 1 fully saturated rings. The van der Waals surface area contributed by atoms with Crippen molar-refractivity contribution in [2.75, 3.05) is 51.8 Å². The number of hydrogen-bond acceptors (Lipinski definition) is 7. The van der Waals surface area contributed by atoms with Gasteiger partial charge in [0.25, 0.3) is 5.91 Å². The van der Waals surface area contributed by atoms with Crippen LogP contribution in [0, 0.1) is 5.82 Å². The number of H-pyrrole nitrogens is 1. The number of rotatable bonds is 8. The lowest BCUT2D eigenvalue weighted by molar-refractivity contribution is -0.160. The molecule has 0 saturated carbocycles. The van der Waals surface area contributed by atoms with Crippen LogP contribution >= 0.6 is 0 Å². The summed E-state index contributed by atoms with van der Waals surface area (Å²) in [7, 11) is 1.35. The van der Waals surface area contributed by atoms with Crippen LogP contribution in [0.3, 0.4) is 0 Å². The standard InChI is InChI=1S/C26H27F4N5O4/c1-37-24-17(27)3-2-4-19(24)34-23-21-18(6-8-32-25(21)36)33-22(23)16-5-7-31-11-20(16)39-13-15-12-35(9-10-38-15)14-26(28,29)30/h2-5,7,11,15,33-34H,6,8-10,12-14H2,1H3,(H,32,36). The molecule has 0 radical (unpaired) electrons. The lowest BCUT2D eigenvalue weighted by atomic mass is 10.0. The summed E-state index contributed by atoms with van der Waals surface area (Å²) in [6, 6.07) is 6.10. The summed E-state index contributed by atoms with van der Waals surface area (Å²) in [6.45, 7) is -0.164. The number of ether oxygens (including phenoxy) is 3. The molecule has 0 spiro atoms. The van der Waals surface area contributed by atoms with E-state index in [1.807, 2.05) is 0 Å². The number of pyridine rings is 1. The third-order valence-corrected chi connectivity index (χ3v) is 6.50. The highest BCUT2D eigenvalue weighted by Crippen LogP contribution is 2.42. The molecule has 1 aromatic carbocycles. The predicted molar refractivity (Wildman–Crippen MR) is 134 cm³/mol. The summed E-state index contributed by atoms with van der Waals surface area (Å²) < 4.78 is 69.9. The minimum absolute atomic E-state index is 0.00552. The molecule has 1 saturated heterocycles. The number of fused-ring (bicyclic) bond motifs is 1. The predicted octanol–water partition coefficient (Wildman–Crippen LogP) is 3.90. The van der Waals surface area contributed by atoms with Gasteiger partial charge in [-0.25, -0.2) is 4.39 Å². The van der Waals surface area contributed by atoms with Crippen molar-refractivity contribution in [3.8, 4) is 22.8 Å². The molecular weight excluding hydrogens is 522 g/mol. The molecule has 1 amide bonds. The number of amides is 1. The van der Waals surface area contributed by atoms with Crippen LogP contribution in [0.4, 0.5) is 28.9 Å². The monoisotopic (exact) mass is 549 g/mol. The van der Waals surface area contributed by atoms with Crippen molar-refractivity contribution in [3.05, 3.63) is 53.7 Å². The van der Waals surface area contributed by atoms with Crippen LogP contribution in [0.2, 0.25) is 0 Å². The van der Waals surface area contributed by atoms with Crippen LogP contribution in [0.25, 0.3) is 11.3 Å². The average Bonchev–Trinajstić information content (AvgIpc) is 3.26. The van der Waals surface area contributed by atoms with Crippen LogP contribution in [-0.2, 0) is 11.2 Å². The minimum atomic E-state index is -4.30. The van der Waals surface area contributed by atoms with E-state index in [1.54, 1.807) is 18.3 Å². The number of aromatic amines is 1. The average molecular weight is 550 g/mol. The van der Waals surface area contributed by atoms with E-state index in [4.69, 9.17) is 14.2 Å². The largest absolute Gasteiger partial charge is 0.492 e. The van der Waals surface area contributed by atoms with E-state index in [0.29, 0.717) is 52.6 Å². The SMILES string of the molecule is COc1c(F)cccc1Nc1c(-c2ccncc2OCC2CN(CC(F)(F)F)CCO2)[nH]c2c1C(=O)NCC2. The number of methoxy groups -OCH3 is 1. The van der Waals surface area contributed by atoms with E-state index in [2.05, 4.69) is 20.6 Å². The number of benzene rings is 1. The van der Waals surface area contributed by atoms with Gasteiger partial charge in [-0.15, -0.1) is 0 Å². The maximum atomic E-state index is 14.4. The molecule has 5 rings (SSSR count). The van der Waals surface area contributed by atoms with E-state index in [0.717, 1.165) is 0 Å². The zero-order chi connectivity index (χ0) is 27.6. The number of anilines is 2. The number of carbonyl (C=O) groups excluding carboxylic acids is 1. The number of nitrogens with zero attached hydrogens (tertiary/aromatic N) is 2.